The fourth-order valence-electron chi connectivity index (χ4n) is 3.91. The summed E-state index contributed by atoms with van der Waals surface area (Å²) in [7, 11) is 0. The lowest BCUT2D eigenvalue weighted by Gasteiger charge is -2.37. The number of nitrogens with zero attached hydrogens (tertiary/aromatic N) is 2. The second-order valence-electron chi connectivity index (χ2n) is 7.54. The van der Waals surface area contributed by atoms with Crippen molar-refractivity contribution in [2.24, 2.45) is 5.10 Å². The van der Waals surface area contributed by atoms with E-state index in [0.717, 1.165) is 21.3 Å². The summed E-state index contributed by atoms with van der Waals surface area (Å²) < 4.78 is 20.4. The molecule has 2 aliphatic rings. The number of hydrogen-bond donors (Lipinski definition) is 0. The van der Waals surface area contributed by atoms with Gasteiger partial charge in [-0.2, -0.15) is 5.10 Å². The van der Waals surface area contributed by atoms with Crippen molar-refractivity contribution in [1.29, 1.82) is 0 Å². The van der Waals surface area contributed by atoms with E-state index in [0.29, 0.717) is 17.7 Å². The van der Waals surface area contributed by atoms with Crippen LogP contribution in [-0.2, 0) is 0 Å². The van der Waals surface area contributed by atoms with Gasteiger partial charge in [0.1, 0.15) is 11.6 Å². The van der Waals surface area contributed by atoms with Crippen LogP contribution in [0, 0.1) is 12.7 Å². The zero-order valence-corrected chi connectivity index (χ0v) is 17.8. The Hall–Kier alpha value is -2.99. The van der Waals surface area contributed by atoms with Gasteiger partial charge in [-0.3, -0.25) is 4.79 Å². The number of ketones is 1. The maximum Gasteiger partial charge on any atom is 0.251 e. The first-order valence-corrected chi connectivity index (χ1v) is 10.5. The molecule has 0 bridgehead atoms. The number of hydrogen-bond acceptors (Lipinski definition) is 4. The van der Waals surface area contributed by atoms with Crippen molar-refractivity contribution in [1.82, 2.24) is 5.01 Å². The zero-order valence-electron chi connectivity index (χ0n) is 16.2. The first kappa shape index (κ1) is 19.0. The number of carbonyl (C=O) groups is 1. The average Bonchev–Trinajstić information content (AvgIpc) is 3.19. The van der Waals surface area contributed by atoms with Gasteiger partial charge in [0.15, 0.2) is 0 Å². The number of aryl methyl sites for hydroxylation is 1. The van der Waals surface area contributed by atoms with Gasteiger partial charge in [-0.05, 0) is 55.0 Å². The average molecular weight is 465 g/mol. The van der Waals surface area contributed by atoms with Crippen LogP contribution in [0.3, 0.4) is 0 Å². The Morgan fingerprint density at radius 3 is 2.57 bits per heavy atom. The Labute approximate surface area is 182 Å². The summed E-state index contributed by atoms with van der Waals surface area (Å²) in [5.41, 5.74) is 4.49. The molecule has 2 aliphatic heterocycles. The Morgan fingerprint density at radius 2 is 1.83 bits per heavy atom. The van der Waals surface area contributed by atoms with E-state index in [1.807, 2.05) is 37.3 Å². The Balaban J connectivity index is 1.57. The van der Waals surface area contributed by atoms with E-state index in [1.54, 1.807) is 5.01 Å². The van der Waals surface area contributed by atoms with Crippen molar-refractivity contribution in [2.45, 2.75) is 25.6 Å². The Bertz CT molecular complexity index is 1160. The van der Waals surface area contributed by atoms with Crippen molar-refractivity contribution in [3.05, 3.63) is 99.3 Å². The van der Waals surface area contributed by atoms with Crippen LogP contribution in [-0.4, -0.2) is 22.7 Å². The van der Waals surface area contributed by atoms with Gasteiger partial charge in [0.25, 0.3) is 6.23 Å². The number of halogens is 2. The molecule has 6 heteroatoms. The molecule has 0 aromatic heterocycles. The number of carbonyl (C=O) groups excluding carboxylic acids is 1. The van der Waals surface area contributed by atoms with Crippen LogP contribution in [0.1, 0.15) is 39.5 Å². The van der Waals surface area contributed by atoms with E-state index in [2.05, 4.69) is 28.1 Å². The highest BCUT2D eigenvalue weighted by Crippen LogP contribution is 2.44. The number of rotatable bonds is 3. The van der Waals surface area contributed by atoms with E-state index in [9.17, 15) is 9.18 Å². The minimum atomic E-state index is -0.905. The van der Waals surface area contributed by atoms with E-state index in [1.165, 1.54) is 29.8 Å². The molecule has 0 fully saturated rings. The molecule has 0 amide bonds. The fourth-order valence-corrected chi connectivity index (χ4v) is 4.29. The van der Waals surface area contributed by atoms with Crippen molar-refractivity contribution >= 4 is 27.4 Å². The van der Waals surface area contributed by atoms with Crippen molar-refractivity contribution < 1.29 is 13.9 Å². The molecular formula is C24H18BrFN2O2. The van der Waals surface area contributed by atoms with E-state index < -0.39 is 6.23 Å². The third-order valence-corrected chi connectivity index (χ3v) is 5.98. The standard InChI is InChI=1S/C24H18BrFN2O2/c1-14-2-4-15(5-3-14)20-13-21-19-12-17(25)8-11-22(19)30-24(28(21)27-20)23(29)16-6-9-18(26)10-7-16/h2-12,21,24H,13H2,1H3/t21-,24+/m1/s1. The number of fused-ring (bicyclic) bond motifs is 3. The van der Waals surface area contributed by atoms with Gasteiger partial charge in [0.05, 0.1) is 11.8 Å². The number of Topliss-reactive ketones (excluding diaryl/α,β-unsaturated/α-hetero) is 1. The van der Waals surface area contributed by atoms with Crippen LogP contribution in [0.5, 0.6) is 5.75 Å². The van der Waals surface area contributed by atoms with Crippen LogP contribution >= 0.6 is 15.9 Å². The molecule has 0 saturated carbocycles. The van der Waals surface area contributed by atoms with Crippen LogP contribution in [0.25, 0.3) is 0 Å². The van der Waals surface area contributed by atoms with Crippen molar-refractivity contribution in [3.8, 4) is 5.75 Å². The topological polar surface area (TPSA) is 41.9 Å². The Morgan fingerprint density at radius 1 is 1.10 bits per heavy atom. The number of benzene rings is 3. The molecule has 0 radical (unpaired) electrons. The number of hydrazone groups is 1. The quantitative estimate of drug-likeness (QED) is 0.470. The first-order valence-electron chi connectivity index (χ1n) is 9.68. The summed E-state index contributed by atoms with van der Waals surface area (Å²) in [6, 6.07) is 19.4. The maximum atomic E-state index is 13.3. The molecule has 0 spiro atoms. The van der Waals surface area contributed by atoms with Crippen LogP contribution < -0.4 is 4.74 Å². The molecule has 0 N–H and O–H groups in total. The van der Waals surface area contributed by atoms with E-state index >= 15 is 0 Å². The highest BCUT2D eigenvalue weighted by atomic mass is 79.9. The molecule has 30 heavy (non-hydrogen) atoms. The van der Waals surface area contributed by atoms with Gasteiger partial charge in [0, 0.05) is 22.0 Å². The minimum Gasteiger partial charge on any atom is -0.461 e. The van der Waals surface area contributed by atoms with Gasteiger partial charge in [-0.25, -0.2) is 9.40 Å². The summed E-state index contributed by atoms with van der Waals surface area (Å²) in [4.78, 5) is 13.3. The lowest BCUT2D eigenvalue weighted by Crippen LogP contribution is -2.45. The lowest BCUT2D eigenvalue weighted by molar-refractivity contribution is -0.00459. The summed E-state index contributed by atoms with van der Waals surface area (Å²) in [5.74, 6) is 0.0350. The first-order chi connectivity index (χ1) is 14.5. The largest absolute Gasteiger partial charge is 0.461 e. The van der Waals surface area contributed by atoms with Crippen LogP contribution in [0.2, 0.25) is 0 Å². The highest BCUT2D eigenvalue weighted by molar-refractivity contribution is 9.10. The normalized spacial score (nSPS) is 19.6. The van der Waals surface area contributed by atoms with Crippen LogP contribution in [0.4, 0.5) is 4.39 Å². The van der Waals surface area contributed by atoms with Gasteiger partial charge < -0.3 is 4.74 Å². The van der Waals surface area contributed by atoms with Gasteiger partial charge in [0.2, 0.25) is 5.78 Å². The molecule has 5 rings (SSSR count). The van der Waals surface area contributed by atoms with Gasteiger partial charge in [-0.1, -0.05) is 45.8 Å². The van der Waals surface area contributed by atoms with Crippen molar-refractivity contribution in [3.63, 3.8) is 0 Å². The van der Waals surface area contributed by atoms with Gasteiger partial charge in [-0.15, -0.1) is 0 Å². The van der Waals surface area contributed by atoms with Crippen molar-refractivity contribution in [2.75, 3.05) is 0 Å². The third kappa shape index (κ3) is 3.31. The second-order valence-corrected chi connectivity index (χ2v) is 8.45. The zero-order chi connectivity index (χ0) is 20.8. The molecule has 150 valence electrons. The maximum absolute atomic E-state index is 13.3. The molecule has 4 nitrogen and oxygen atoms in total. The molecule has 3 aromatic carbocycles. The second kappa shape index (κ2) is 7.36. The third-order valence-electron chi connectivity index (χ3n) is 5.49. The molecule has 2 heterocycles. The summed E-state index contributed by atoms with van der Waals surface area (Å²) in [6.45, 7) is 2.04. The molecule has 3 aromatic rings. The molecule has 0 aliphatic carbocycles. The molecule has 2 atom stereocenters. The highest BCUT2D eigenvalue weighted by Gasteiger charge is 2.43. The monoisotopic (exact) mass is 464 g/mol. The molecular weight excluding hydrogens is 447 g/mol. The molecule has 0 saturated heterocycles. The SMILES string of the molecule is Cc1ccc(C2=NN3[C@H](C2)c2cc(Br)ccc2O[C@H]3C(=O)c2ccc(F)cc2)cc1. The minimum absolute atomic E-state index is 0.114. The summed E-state index contributed by atoms with van der Waals surface area (Å²) >= 11 is 3.53. The molecule has 0 unspecified atom stereocenters. The summed E-state index contributed by atoms with van der Waals surface area (Å²) in [6.07, 6.45) is -0.236. The fraction of sp³-hybridized carbons (Fsp3) is 0.167. The predicted octanol–water partition coefficient (Wildman–Crippen LogP) is 5.65. The lowest BCUT2D eigenvalue weighted by atomic mass is 9.95. The van der Waals surface area contributed by atoms with E-state index in [-0.39, 0.29) is 17.6 Å². The predicted molar refractivity (Wildman–Crippen MR) is 116 cm³/mol. The smallest absolute Gasteiger partial charge is 0.251 e. The van der Waals surface area contributed by atoms with Crippen LogP contribution in [0.15, 0.2) is 76.3 Å². The summed E-state index contributed by atoms with van der Waals surface area (Å²) in [5, 5.41) is 6.54. The Kier molecular flexibility index (Phi) is 4.66. The van der Waals surface area contributed by atoms with E-state index in [4.69, 9.17) is 9.84 Å². The van der Waals surface area contributed by atoms with Gasteiger partial charge >= 0.3 is 0 Å². The number of ether oxygens (including phenoxy) is 1.